The molecule has 0 saturated heterocycles. The summed E-state index contributed by atoms with van der Waals surface area (Å²) in [6, 6.07) is 17.9. The lowest BCUT2D eigenvalue weighted by atomic mass is 10.2. The SMILES string of the molecule is O=S(=O)(Cc1ccccc1)c1ncc(Cl)cc1NS(=O)(=O)c1cc2ccccc2o1. The molecule has 4 aromatic rings. The van der Waals surface area contributed by atoms with Gasteiger partial charge in [-0.2, -0.15) is 8.42 Å². The Morgan fingerprint density at radius 1 is 0.933 bits per heavy atom. The van der Waals surface area contributed by atoms with Crippen LogP contribution < -0.4 is 4.72 Å². The van der Waals surface area contributed by atoms with Crippen LogP contribution in [0.25, 0.3) is 11.0 Å². The van der Waals surface area contributed by atoms with Crippen LogP contribution in [-0.4, -0.2) is 21.8 Å². The van der Waals surface area contributed by atoms with Crippen molar-refractivity contribution in [3.63, 3.8) is 0 Å². The Morgan fingerprint density at radius 2 is 1.63 bits per heavy atom. The predicted octanol–water partition coefficient (Wildman–Crippen LogP) is 4.26. The average molecular weight is 463 g/mol. The predicted molar refractivity (Wildman–Crippen MR) is 114 cm³/mol. The van der Waals surface area contributed by atoms with Crippen molar-refractivity contribution < 1.29 is 21.3 Å². The summed E-state index contributed by atoms with van der Waals surface area (Å²) >= 11 is 5.95. The lowest BCUT2D eigenvalue weighted by molar-refractivity contribution is 0.484. The van der Waals surface area contributed by atoms with E-state index in [-0.39, 0.29) is 21.6 Å². The van der Waals surface area contributed by atoms with E-state index >= 15 is 0 Å². The highest BCUT2D eigenvalue weighted by Gasteiger charge is 2.27. The summed E-state index contributed by atoms with van der Waals surface area (Å²) in [6.07, 6.45) is 1.15. The Bertz CT molecular complexity index is 1400. The van der Waals surface area contributed by atoms with Crippen LogP contribution in [0.5, 0.6) is 0 Å². The first-order valence-corrected chi connectivity index (χ1v) is 12.2. The lowest BCUT2D eigenvalue weighted by Gasteiger charge is -2.12. The van der Waals surface area contributed by atoms with Crippen molar-refractivity contribution in [1.82, 2.24) is 4.98 Å². The summed E-state index contributed by atoms with van der Waals surface area (Å²) in [5, 5.41) is -0.0968. The quantitative estimate of drug-likeness (QED) is 0.459. The molecule has 2 aromatic heterocycles. The number of nitrogens with one attached hydrogen (secondary N) is 1. The Labute approximate surface area is 178 Å². The van der Waals surface area contributed by atoms with Crippen LogP contribution in [-0.2, 0) is 25.6 Å². The number of fused-ring (bicyclic) bond motifs is 1. The number of furan rings is 1. The minimum absolute atomic E-state index is 0.0796. The van der Waals surface area contributed by atoms with E-state index in [9.17, 15) is 16.8 Å². The Kier molecular flexibility index (Phi) is 5.27. The molecule has 0 radical (unpaired) electrons. The molecule has 0 atom stereocenters. The number of hydrogen-bond donors (Lipinski definition) is 1. The third-order valence-corrected chi connectivity index (χ3v) is 7.28. The zero-order valence-corrected chi connectivity index (χ0v) is 17.7. The number of hydrogen-bond acceptors (Lipinski definition) is 6. The molecule has 0 amide bonds. The number of aromatic nitrogens is 1. The minimum Gasteiger partial charge on any atom is -0.443 e. The van der Waals surface area contributed by atoms with Crippen LogP contribution in [0.2, 0.25) is 5.02 Å². The third kappa shape index (κ3) is 4.18. The van der Waals surface area contributed by atoms with Gasteiger partial charge in [-0.25, -0.2) is 13.4 Å². The average Bonchev–Trinajstić information content (AvgIpc) is 3.13. The monoisotopic (exact) mass is 462 g/mol. The van der Waals surface area contributed by atoms with Gasteiger partial charge < -0.3 is 4.42 Å². The van der Waals surface area contributed by atoms with E-state index in [1.807, 2.05) is 0 Å². The van der Waals surface area contributed by atoms with E-state index < -0.39 is 24.9 Å². The molecule has 10 heteroatoms. The number of pyridine rings is 1. The molecule has 0 aliphatic carbocycles. The Hall–Kier alpha value is -2.88. The molecule has 0 aliphatic heterocycles. The highest BCUT2D eigenvalue weighted by atomic mass is 35.5. The zero-order chi connectivity index (χ0) is 21.4. The van der Waals surface area contributed by atoms with Gasteiger partial charge in [-0.05, 0) is 17.7 Å². The van der Waals surface area contributed by atoms with E-state index in [1.54, 1.807) is 54.6 Å². The summed E-state index contributed by atoms with van der Waals surface area (Å²) in [4.78, 5) is 3.89. The summed E-state index contributed by atoms with van der Waals surface area (Å²) in [7, 11) is -8.19. The second-order valence-corrected chi connectivity index (χ2v) is 10.4. The first-order valence-electron chi connectivity index (χ1n) is 8.68. The molecule has 0 aliphatic rings. The summed E-state index contributed by atoms with van der Waals surface area (Å²) < 4.78 is 59.2. The molecule has 2 heterocycles. The maximum atomic E-state index is 12.9. The molecule has 2 aromatic carbocycles. The van der Waals surface area contributed by atoms with Gasteiger partial charge in [0.1, 0.15) is 5.58 Å². The van der Waals surface area contributed by atoms with Crippen LogP contribution in [0.1, 0.15) is 5.56 Å². The lowest BCUT2D eigenvalue weighted by Crippen LogP contribution is -2.17. The number of nitrogens with zero attached hydrogens (tertiary/aromatic N) is 1. The van der Waals surface area contributed by atoms with Gasteiger partial charge in [-0.1, -0.05) is 60.1 Å². The third-order valence-electron chi connectivity index (χ3n) is 4.22. The van der Waals surface area contributed by atoms with Crippen LogP contribution in [0.3, 0.4) is 0 Å². The fourth-order valence-corrected chi connectivity index (χ4v) is 5.57. The molecular formula is C20H15ClN2O5S2. The standard InChI is InChI=1S/C20H15ClN2O5S2/c21-16-11-17(20(22-12-16)29(24,25)13-14-6-2-1-3-7-14)23-30(26,27)19-10-15-8-4-5-9-18(15)28-19/h1-12,23H,13H2. The minimum atomic E-state index is -4.23. The van der Waals surface area contributed by atoms with Gasteiger partial charge in [0.05, 0.1) is 16.5 Å². The molecule has 4 rings (SSSR count). The number of anilines is 1. The van der Waals surface area contributed by atoms with Gasteiger partial charge >= 0.3 is 0 Å². The molecule has 0 saturated carbocycles. The number of benzene rings is 2. The number of para-hydroxylation sites is 1. The Morgan fingerprint density at radius 3 is 2.37 bits per heavy atom. The molecule has 0 bridgehead atoms. The zero-order valence-electron chi connectivity index (χ0n) is 15.3. The van der Waals surface area contributed by atoms with Crippen LogP contribution in [0.4, 0.5) is 5.69 Å². The molecule has 0 unspecified atom stereocenters. The number of rotatable bonds is 6. The highest BCUT2D eigenvalue weighted by Crippen LogP contribution is 2.29. The van der Waals surface area contributed by atoms with Crippen molar-refractivity contribution in [2.45, 2.75) is 15.9 Å². The number of sulfonamides is 1. The normalized spacial score (nSPS) is 12.2. The van der Waals surface area contributed by atoms with Crippen molar-refractivity contribution in [1.29, 1.82) is 0 Å². The van der Waals surface area contributed by atoms with E-state index in [0.717, 1.165) is 6.20 Å². The van der Waals surface area contributed by atoms with Crippen LogP contribution in [0, 0.1) is 0 Å². The second-order valence-electron chi connectivity index (χ2n) is 6.46. The molecule has 7 nitrogen and oxygen atoms in total. The van der Waals surface area contributed by atoms with Gasteiger partial charge in [-0.3, -0.25) is 4.72 Å². The summed E-state index contributed by atoms with van der Waals surface area (Å²) in [5.74, 6) is -0.345. The van der Waals surface area contributed by atoms with Crippen molar-refractivity contribution in [2.75, 3.05) is 4.72 Å². The van der Waals surface area contributed by atoms with E-state index in [0.29, 0.717) is 16.5 Å². The van der Waals surface area contributed by atoms with Crippen molar-refractivity contribution >= 4 is 48.1 Å². The van der Waals surface area contributed by atoms with Gasteiger partial charge in [0.25, 0.3) is 10.0 Å². The van der Waals surface area contributed by atoms with Gasteiger partial charge in [0.2, 0.25) is 14.9 Å². The van der Waals surface area contributed by atoms with Crippen molar-refractivity contribution in [3.8, 4) is 0 Å². The largest absolute Gasteiger partial charge is 0.443 e. The molecule has 30 heavy (non-hydrogen) atoms. The highest BCUT2D eigenvalue weighted by molar-refractivity contribution is 7.93. The molecule has 1 N–H and O–H groups in total. The van der Waals surface area contributed by atoms with Gasteiger partial charge in [0.15, 0.2) is 5.03 Å². The number of halogens is 1. The Balaban J connectivity index is 1.73. The first kappa shape index (κ1) is 20.4. The molecule has 0 spiro atoms. The van der Waals surface area contributed by atoms with Crippen molar-refractivity contribution in [2.24, 2.45) is 0 Å². The van der Waals surface area contributed by atoms with Gasteiger partial charge in [0, 0.05) is 17.6 Å². The van der Waals surface area contributed by atoms with E-state index in [2.05, 4.69) is 9.71 Å². The number of sulfone groups is 1. The second kappa shape index (κ2) is 7.75. The topological polar surface area (TPSA) is 106 Å². The summed E-state index contributed by atoms with van der Waals surface area (Å²) in [6.45, 7) is 0. The maximum Gasteiger partial charge on any atom is 0.295 e. The maximum absolute atomic E-state index is 12.9. The fraction of sp³-hybridized carbons (Fsp3) is 0.0500. The van der Waals surface area contributed by atoms with E-state index in [4.69, 9.17) is 16.0 Å². The molecule has 154 valence electrons. The fourth-order valence-electron chi connectivity index (χ4n) is 2.89. The van der Waals surface area contributed by atoms with E-state index in [1.165, 1.54) is 12.1 Å². The van der Waals surface area contributed by atoms with Crippen LogP contribution in [0.15, 0.2) is 87.5 Å². The molecule has 0 fully saturated rings. The summed E-state index contributed by atoms with van der Waals surface area (Å²) in [5.41, 5.74) is 0.679. The van der Waals surface area contributed by atoms with Crippen LogP contribution >= 0.6 is 11.6 Å². The molecular weight excluding hydrogens is 448 g/mol. The van der Waals surface area contributed by atoms with Crippen molar-refractivity contribution in [3.05, 3.63) is 83.5 Å². The first-order chi connectivity index (χ1) is 14.2. The van der Waals surface area contributed by atoms with Gasteiger partial charge in [-0.15, -0.1) is 0 Å². The smallest absolute Gasteiger partial charge is 0.295 e.